The van der Waals surface area contributed by atoms with Crippen LogP contribution in [-0.4, -0.2) is 27.3 Å². The molecule has 4 aromatic rings. The lowest BCUT2D eigenvalue weighted by Gasteiger charge is -2.07. The standard InChI is InChI=1S/C22H22N4O2S/c1-4-28-17-6-5-7-18-21(17)24-22(29-18)26-19(12-15(3)25-26)23-20(27)13-16-10-8-14(2)9-11-16/h5-12H,4,13H2,1-3H3,(H,23,27). The molecule has 1 amide bonds. The zero-order chi connectivity index (χ0) is 20.4. The van der Waals surface area contributed by atoms with Crippen molar-refractivity contribution in [1.82, 2.24) is 14.8 Å². The van der Waals surface area contributed by atoms with Gasteiger partial charge in [0.2, 0.25) is 11.0 Å². The van der Waals surface area contributed by atoms with Gasteiger partial charge in [0, 0.05) is 6.07 Å². The molecule has 1 N–H and O–H groups in total. The zero-order valence-corrected chi connectivity index (χ0v) is 17.4. The van der Waals surface area contributed by atoms with Gasteiger partial charge >= 0.3 is 0 Å². The van der Waals surface area contributed by atoms with Gasteiger partial charge in [-0.3, -0.25) is 4.79 Å². The second kappa shape index (κ2) is 8.05. The SMILES string of the molecule is CCOc1cccc2sc(-n3nc(C)cc3NC(=O)Cc3ccc(C)cc3)nc12. The first-order valence-corrected chi connectivity index (χ1v) is 10.3. The molecule has 0 saturated carbocycles. The fourth-order valence-electron chi connectivity index (χ4n) is 3.09. The van der Waals surface area contributed by atoms with E-state index in [0.29, 0.717) is 24.0 Å². The Balaban J connectivity index is 1.61. The summed E-state index contributed by atoms with van der Waals surface area (Å²) in [5.41, 5.74) is 3.75. The molecule has 0 unspecified atom stereocenters. The van der Waals surface area contributed by atoms with E-state index in [4.69, 9.17) is 9.72 Å². The number of aryl methyl sites for hydroxylation is 2. The summed E-state index contributed by atoms with van der Waals surface area (Å²) >= 11 is 1.51. The highest BCUT2D eigenvalue weighted by atomic mass is 32.1. The van der Waals surface area contributed by atoms with E-state index in [1.807, 2.05) is 69.3 Å². The van der Waals surface area contributed by atoms with Crippen molar-refractivity contribution in [3.8, 4) is 10.9 Å². The number of ether oxygens (including phenoxy) is 1. The van der Waals surface area contributed by atoms with Crippen molar-refractivity contribution >= 4 is 33.3 Å². The van der Waals surface area contributed by atoms with Crippen molar-refractivity contribution in [3.05, 3.63) is 65.4 Å². The summed E-state index contributed by atoms with van der Waals surface area (Å²) in [7, 11) is 0. The molecular weight excluding hydrogens is 384 g/mol. The van der Waals surface area contributed by atoms with Crippen LogP contribution >= 0.6 is 11.3 Å². The number of carbonyl (C=O) groups is 1. The maximum Gasteiger partial charge on any atom is 0.229 e. The van der Waals surface area contributed by atoms with E-state index in [-0.39, 0.29) is 5.91 Å². The van der Waals surface area contributed by atoms with Crippen LogP contribution in [0.4, 0.5) is 5.82 Å². The monoisotopic (exact) mass is 406 g/mol. The van der Waals surface area contributed by atoms with Crippen LogP contribution < -0.4 is 10.1 Å². The van der Waals surface area contributed by atoms with Crippen LogP contribution in [0.3, 0.4) is 0 Å². The number of anilines is 1. The third kappa shape index (κ3) is 4.14. The zero-order valence-electron chi connectivity index (χ0n) is 16.6. The summed E-state index contributed by atoms with van der Waals surface area (Å²) in [6.45, 7) is 6.45. The van der Waals surface area contributed by atoms with Gasteiger partial charge in [0.05, 0.1) is 23.4 Å². The molecule has 0 saturated heterocycles. The van der Waals surface area contributed by atoms with Gasteiger partial charge in [-0.2, -0.15) is 9.78 Å². The van der Waals surface area contributed by atoms with Crippen LogP contribution in [0.5, 0.6) is 5.75 Å². The average molecular weight is 407 g/mol. The summed E-state index contributed by atoms with van der Waals surface area (Å²) in [4.78, 5) is 17.3. The second-order valence-electron chi connectivity index (χ2n) is 6.83. The number of para-hydroxylation sites is 1. The van der Waals surface area contributed by atoms with E-state index in [1.165, 1.54) is 16.9 Å². The molecule has 7 heteroatoms. The molecule has 29 heavy (non-hydrogen) atoms. The summed E-state index contributed by atoms with van der Waals surface area (Å²) in [6.07, 6.45) is 0.304. The number of nitrogens with one attached hydrogen (secondary N) is 1. The number of benzene rings is 2. The molecule has 2 aromatic heterocycles. The first-order valence-electron chi connectivity index (χ1n) is 9.48. The van der Waals surface area contributed by atoms with Gasteiger partial charge in [-0.25, -0.2) is 4.98 Å². The number of rotatable bonds is 6. The van der Waals surface area contributed by atoms with Crippen molar-refractivity contribution in [2.24, 2.45) is 0 Å². The number of fused-ring (bicyclic) bond motifs is 1. The van der Waals surface area contributed by atoms with E-state index in [0.717, 1.165) is 27.2 Å². The quantitative estimate of drug-likeness (QED) is 0.505. The molecule has 0 spiro atoms. The van der Waals surface area contributed by atoms with Gasteiger partial charge in [-0.1, -0.05) is 47.2 Å². The third-order valence-electron chi connectivity index (χ3n) is 4.44. The Labute approximate surface area is 173 Å². The second-order valence-corrected chi connectivity index (χ2v) is 7.83. The highest BCUT2D eigenvalue weighted by Crippen LogP contribution is 2.32. The van der Waals surface area contributed by atoms with Crippen LogP contribution in [0.1, 0.15) is 23.7 Å². The lowest BCUT2D eigenvalue weighted by atomic mass is 10.1. The van der Waals surface area contributed by atoms with Crippen LogP contribution in [-0.2, 0) is 11.2 Å². The minimum atomic E-state index is -0.0916. The molecule has 0 fully saturated rings. The Kier molecular flexibility index (Phi) is 5.31. The summed E-state index contributed by atoms with van der Waals surface area (Å²) < 4.78 is 8.38. The number of aromatic nitrogens is 3. The Morgan fingerprint density at radius 1 is 1.17 bits per heavy atom. The fourth-order valence-corrected chi connectivity index (χ4v) is 4.04. The van der Waals surface area contributed by atoms with E-state index >= 15 is 0 Å². The molecule has 4 rings (SSSR count). The summed E-state index contributed by atoms with van der Waals surface area (Å²) in [6, 6.07) is 15.7. The maximum absolute atomic E-state index is 12.6. The number of hydrogen-bond donors (Lipinski definition) is 1. The maximum atomic E-state index is 12.6. The van der Waals surface area contributed by atoms with Gasteiger partial charge in [-0.15, -0.1) is 0 Å². The Morgan fingerprint density at radius 2 is 1.97 bits per heavy atom. The van der Waals surface area contributed by atoms with Crippen molar-refractivity contribution in [2.45, 2.75) is 27.2 Å². The molecule has 6 nitrogen and oxygen atoms in total. The minimum absolute atomic E-state index is 0.0916. The smallest absolute Gasteiger partial charge is 0.229 e. The molecule has 0 aliphatic rings. The van der Waals surface area contributed by atoms with E-state index in [2.05, 4.69) is 10.4 Å². The van der Waals surface area contributed by atoms with Crippen LogP contribution in [0.15, 0.2) is 48.5 Å². The predicted molar refractivity (Wildman–Crippen MR) is 116 cm³/mol. The van der Waals surface area contributed by atoms with Crippen molar-refractivity contribution in [1.29, 1.82) is 0 Å². The largest absolute Gasteiger partial charge is 0.492 e. The lowest BCUT2D eigenvalue weighted by molar-refractivity contribution is -0.115. The first-order chi connectivity index (χ1) is 14.0. The summed E-state index contributed by atoms with van der Waals surface area (Å²) in [5.74, 6) is 1.27. The highest BCUT2D eigenvalue weighted by Gasteiger charge is 2.16. The highest BCUT2D eigenvalue weighted by molar-refractivity contribution is 7.20. The number of hydrogen-bond acceptors (Lipinski definition) is 5. The molecule has 2 heterocycles. The van der Waals surface area contributed by atoms with Crippen molar-refractivity contribution in [3.63, 3.8) is 0 Å². The van der Waals surface area contributed by atoms with Gasteiger partial charge in [0.25, 0.3) is 0 Å². The van der Waals surface area contributed by atoms with Gasteiger partial charge < -0.3 is 10.1 Å². The molecule has 148 valence electrons. The third-order valence-corrected chi connectivity index (χ3v) is 5.43. The number of carbonyl (C=O) groups excluding carboxylic acids is 1. The van der Waals surface area contributed by atoms with Gasteiger partial charge in [0.1, 0.15) is 17.1 Å². The first kappa shape index (κ1) is 19.1. The average Bonchev–Trinajstić information content (AvgIpc) is 3.27. The van der Waals surface area contributed by atoms with Crippen LogP contribution in [0.25, 0.3) is 15.3 Å². The van der Waals surface area contributed by atoms with Crippen molar-refractivity contribution < 1.29 is 9.53 Å². The normalized spacial score (nSPS) is 11.0. The van der Waals surface area contributed by atoms with Crippen LogP contribution in [0, 0.1) is 13.8 Å². The Bertz CT molecular complexity index is 1160. The molecule has 0 aliphatic heterocycles. The van der Waals surface area contributed by atoms with E-state index in [1.54, 1.807) is 4.68 Å². The topological polar surface area (TPSA) is 69.0 Å². The van der Waals surface area contributed by atoms with Gasteiger partial charge in [0.15, 0.2) is 0 Å². The molecule has 0 radical (unpaired) electrons. The number of thiazole rings is 1. The molecular formula is C22H22N4O2S. The minimum Gasteiger partial charge on any atom is -0.492 e. The number of amides is 1. The summed E-state index contributed by atoms with van der Waals surface area (Å²) in [5, 5.41) is 8.19. The molecule has 0 atom stereocenters. The molecule has 2 aromatic carbocycles. The number of nitrogens with zero attached hydrogens (tertiary/aromatic N) is 3. The lowest BCUT2D eigenvalue weighted by Crippen LogP contribution is -2.17. The van der Waals surface area contributed by atoms with E-state index in [9.17, 15) is 4.79 Å². The molecule has 0 bridgehead atoms. The predicted octanol–water partition coefficient (Wildman–Crippen LogP) is 4.68. The fraction of sp³-hybridized carbons (Fsp3) is 0.227. The Hall–Kier alpha value is -3.19. The Morgan fingerprint density at radius 3 is 2.72 bits per heavy atom. The van der Waals surface area contributed by atoms with Crippen molar-refractivity contribution in [2.75, 3.05) is 11.9 Å². The van der Waals surface area contributed by atoms with Gasteiger partial charge in [-0.05, 0) is 38.5 Å². The van der Waals surface area contributed by atoms with Crippen LogP contribution in [0.2, 0.25) is 0 Å². The van der Waals surface area contributed by atoms with E-state index < -0.39 is 0 Å². The molecule has 0 aliphatic carbocycles.